The molecule has 242 valence electrons. The molecular formula is C29H54N12O2. The van der Waals surface area contributed by atoms with Gasteiger partial charge in [-0.1, -0.05) is 38.1 Å². The number of hydrogen-bond acceptors (Lipinski definition) is 10. The van der Waals surface area contributed by atoms with Crippen LogP contribution in [0.3, 0.4) is 0 Å². The summed E-state index contributed by atoms with van der Waals surface area (Å²) in [4.78, 5) is 25.3. The molecule has 0 bridgehead atoms. The maximum atomic E-state index is 12.9. The Hall–Kier alpha value is -3.14. The van der Waals surface area contributed by atoms with Crippen molar-refractivity contribution in [3.8, 4) is 0 Å². The molecule has 43 heavy (non-hydrogen) atoms. The molecule has 1 aromatic carbocycles. The highest BCUT2D eigenvalue weighted by Gasteiger charge is 2.30. The number of nitrogens with zero attached hydrogens (tertiary/aromatic N) is 2. The van der Waals surface area contributed by atoms with Crippen molar-refractivity contribution < 1.29 is 9.59 Å². The normalized spacial score (nSPS) is 23.0. The van der Waals surface area contributed by atoms with Crippen molar-refractivity contribution in [1.82, 2.24) is 37.2 Å². The lowest BCUT2D eigenvalue weighted by molar-refractivity contribution is -0.123. The van der Waals surface area contributed by atoms with E-state index < -0.39 is 5.54 Å². The van der Waals surface area contributed by atoms with Crippen LogP contribution in [0.2, 0.25) is 0 Å². The van der Waals surface area contributed by atoms with Crippen molar-refractivity contribution in [2.24, 2.45) is 32.8 Å². The third kappa shape index (κ3) is 14.3. The summed E-state index contributed by atoms with van der Waals surface area (Å²) in [6, 6.07) is 7.31. The first-order valence-corrected chi connectivity index (χ1v) is 15.2. The van der Waals surface area contributed by atoms with E-state index in [1.165, 1.54) is 0 Å². The molecule has 0 spiro atoms. The highest BCUT2D eigenvalue weighted by Crippen LogP contribution is 2.12. The molecule has 2 rings (SSSR count). The average Bonchev–Trinajstić information content (AvgIpc) is 3.01. The minimum Gasteiger partial charge on any atom is -0.388 e. The van der Waals surface area contributed by atoms with Gasteiger partial charge in [0.05, 0.1) is 5.54 Å². The van der Waals surface area contributed by atoms with Gasteiger partial charge in [0, 0.05) is 95.8 Å². The Kier molecular flexibility index (Phi) is 16.7. The van der Waals surface area contributed by atoms with Crippen LogP contribution in [0.15, 0.2) is 34.5 Å². The van der Waals surface area contributed by atoms with Crippen LogP contribution < -0.4 is 54.4 Å². The quantitative estimate of drug-likeness (QED) is 0.0672. The first kappa shape index (κ1) is 36.1. The molecule has 1 heterocycles. The van der Waals surface area contributed by atoms with Gasteiger partial charge in [-0.25, -0.2) is 0 Å². The zero-order valence-electron chi connectivity index (χ0n) is 25.9. The molecule has 1 aliphatic rings. The summed E-state index contributed by atoms with van der Waals surface area (Å²) in [7, 11) is 0. The third-order valence-corrected chi connectivity index (χ3v) is 7.36. The van der Waals surface area contributed by atoms with E-state index in [1.54, 1.807) is 12.1 Å². The average molecular weight is 603 g/mol. The van der Waals surface area contributed by atoms with Gasteiger partial charge < -0.3 is 54.4 Å². The summed E-state index contributed by atoms with van der Waals surface area (Å²) in [6.45, 7) is 13.0. The van der Waals surface area contributed by atoms with E-state index >= 15 is 0 Å². The van der Waals surface area contributed by atoms with E-state index in [0.717, 1.165) is 64.3 Å². The molecule has 2 amide bonds. The second-order valence-electron chi connectivity index (χ2n) is 11.4. The van der Waals surface area contributed by atoms with Crippen LogP contribution >= 0.6 is 0 Å². The molecule has 1 aliphatic heterocycles. The van der Waals surface area contributed by atoms with Gasteiger partial charge in [-0.3, -0.25) is 9.59 Å². The first-order chi connectivity index (χ1) is 20.7. The lowest BCUT2D eigenvalue weighted by Gasteiger charge is -2.35. The molecule has 0 saturated carbocycles. The van der Waals surface area contributed by atoms with Gasteiger partial charge in [-0.15, -0.1) is 10.2 Å². The Labute approximate surface area is 256 Å². The van der Waals surface area contributed by atoms with Crippen molar-refractivity contribution in [1.29, 1.82) is 0 Å². The van der Waals surface area contributed by atoms with E-state index in [9.17, 15) is 9.59 Å². The van der Waals surface area contributed by atoms with E-state index in [-0.39, 0.29) is 42.5 Å². The van der Waals surface area contributed by atoms with Crippen LogP contribution in [0.1, 0.15) is 44.2 Å². The minimum atomic E-state index is -0.625. The minimum absolute atomic E-state index is 0.114. The molecule has 0 aliphatic carbocycles. The van der Waals surface area contributed by atoms with Crippen LogP contribution in [0, 0.1) is 5.41 Å². The SMILES string of the molecule is CCNCC1(C)CNCCNCC(CN)(NC(=O)CCCC(=O)NCc2ccc(/C(N)=N/N=C\N)cc2)CNCCNC1. The summed E-state index contributed by atoms with van der Waals surface area (Å²) in [6.07, 6.45) is 1.98. The third-order valence-electron chi connectivity index (χ3n) is 7.36. The predicted molar refractivity (Wildman–Crippen MR) is 174 cm³/mol. The molecule has 1 aromatic rings. The summed E-state index contributed by atoms with van der Waals surface area (Å²) >= 11 is 0. The number of hydrogen-bond donors (Lipinski definition) is 10. The fourth-order valence-corrected chi connectivity index (χ4v) is 4.75. The van der Waals surface area contributed by atoms with Crippen LogP contribution in [0.25, 0.3) is 0 Å². The molecule has 0 unspecified atom stereocenters. The van der Waals surface area contributed by atoms with Crippen molar-refractivity contribution in [2.45, 2.75) is 45.2 Å². The highest BCUT2D eigenvalue weighted by atomic mass is 16.2. The molecule has 1 fully saturated rings. The predicted octanol–water partition coefficient (Wildman–Crippen LogP) is -2.12. The van der Waals surface area contributed by atoms with Gasteiger partial charge >= 0.3 is 0 Å². The Morgan fingerprint density at radius 2 is 1.53 bits per heavy atom. The van der Waals surface area contributed by atoms with Crippen molar-refractivity contribution in [3.05, 3.63) is 35.4 Å². The smallest absolute Gasteiger partial charge is 0.220 e. The van der Waals surface area contributed by atoms with Gasteiger partial charge in [-0.05, 0) is 18.5 Å². The fraction of sp³-hybridized carbons (Fsp3) is 0.655. The number of rotatable bonds is 13. The molecular weight excluding hydrogens is 548 g/mol. The van der Waals surface area contributed by atoms with Crippen molar-refractivity contribution in [2.75, 3.05) is 72.0 Å². The molecule has 14 nitrogen and oxygen atoms in total. The van der Waals surface area contributed by atoms with E-state index in [0.29, 0.717) is 31.6 Å². The summed E-state index contributed by atoms with van der Waals surface area (Å²) in [5.41, 5.74) is 18.3. The van der Waals surface area contributed by atoms with Crippen LogP contribution in [0.4, 0.5) is 0 Å². The summed E-state index contributed by atoms with van der Waals surface area (Å²) in [5.74, 6) is 0.0111. The van der Waals surface area contributed by atoms with E-state index in [1.807, 2.05) is 12.1 Å². The Bertz CT molecular complexity index is 999. The lowest BCUT2D eigenvalue weighted by atomic mass is 9.90. The first-order valence-electron chi connectivity index (χ1n) is 15.2. The van der Waals surface area contributed by atoms with Crippen LogP contribution in [0.5, 0.6) is 0 Å². The summed E-state index contributed by atoms with van der Waals surface area (Å²) < 4.78 is 0. The highest BCUT2D eigenvalue weighted by molar-refractivity contribution is 5.97. The van der Waals surface area contributed by atoms with E-state index in [4.69, 9.17) is 17.2 Å². The van der Waals surface area contributed by atoms with Gasteiger partial charge in [0.1, 0.15) is 6.34 Å². The summed E-state index contributed by atoms with van der Waals surface area (Å²) in [5, 5.41) is 30.9. The molecule has 0 atom stereocenters. The number of carbonyl (C=O) groups is 2. The Morgan fingerprint density at radius 3 is 2.09 bits per heavy atom. The number of benzene rings is 1. The van der Waals surface area contributed by atoms with Crippen LogP contribution in [-0.4, -0.2) is 102 Å². The van der Waals surface area contributed by atoms with Gasteiger partial charge in [0.25, 0.3) is 0 Å². The molecule has 13 N–H and O–H groups in total. The molecule has 14 heteroatoms. The Morgan fingerprint density at radius 1 is 0.953 bits per heavy atom. The molecule has 0 aromatic heterocycles. The van der Waals surface area contributed by atoms with Gasteiger partial charge in [0.2, 0.25) is 11.8 Å². The second kappa shape index (κ2) is 19.9. The molecule has 1 saturated heterocycles. The standard InChI is InChI=1S/C29H54N12O2/c1-3-33-17-28(2)18-34-11-13-36-20-29(16-30,21-37-14-12-35-19-28)40-26(43)6-4-5-25(42)38-15-23-7-9-24(10-8-23)27(32)41-39-22-31/h7-10,22,33-37H,3-6,11-21,30H2,1-2H3,(H2,31,39)(H2,32,41)(H,38,42)(H,40,43). The van der Waals surface area contributed by atoms with E-state index in [2.05, 4.69) is 61.3 Å². The van der Waals surface area contributed by atoms with Crippen molar-refractivity contribution >= 4 is 24.0 Å². The second-order valence-corrected chi connectivity index (χ2v) is 11.4. The number of amides is 2. The topological polar surface area (TPSA) is 221 Å². The maximum Gasteiger partial charge on any atom is 0.220 e. The zero-order chi connectivity index (χ0) is 31.4. The Balaban J connectivity index is 1.78. The number of nitrogens with one attached hydrogen (secondary N) is 7. The van der Waals surface area contributed by atoms with Gasteiger partial charge in [0.15, 0.2) is 5.84 Å². The maximum absolute atomic E-state index is 12.9. The van der Waals surface area contributed by atoms with Gasteiger partial charge in [-0.2, -0.15) is 0 Å². The number of nitrogens with two attached hydrogens (primary N) is 3. The molecule has 0 radical (unpaired) electrons. The fourth-order valence-electron chi connectivity index (χ4n) is 4.75. The lowest BCUT2D eigenvalue weighted by Crippen LogP contribution is -2.65. The largest absolute Gasteiger partial charge is 0.388 e. The number of amidine groups is 1. The zero-order valence-corrected chi connectivity index (χ0v) is 25.9. The number of carbonyl (C=O) groups excluding carboxylic acids is 2. The van der Waals surface area contributed by atoms with Crippen molar-refractivity contribution in [3.63, 3.8) is 0 Å². The monoisotopic (exact) mass is 602 g/mol. The van der Waals surface area contributed by atoms with Crippen LogP contribution in [-0.2, 0) is 16.1 Å².